The van der Waals surface area contributed by atoms with Crippen LogP contribution in [0.3, 0.4) is 0 Å². The van der Waals surface area contributed by atoms with Crippen LogP contribution in [0.1, 0.15) is 5.56 Å². The van der Waals surface area contributed by atoms with Crippen LogP contribution in [-0.2, 0) is 17.9 Å². The number of halogens is 2. The summed E-state index contributed by atoms with van der Waals surface area (Å²) >= 11 is 0. The van der Waals surface area contributed by atoms with Crippen LogP contribution in [0.25, 0.3) is 11.0 Å². The van der Waals surface area contributed by atoms with Crippen LogP contribution in [0.15, 0.2) is 76.4 Å². The number of carbonyl (C=O) groups excluding carboxylic acids is 1. The standard InChI is InChI=1S/C22H16F2N4O3/c23-15-9-7-14(8-10-15)12-28-21(30)20-18(6-3-11-25-20)27(22(28)31)13-19(29)26-17-5-2-1-4-16(17)24/h1-11H,12-13H2,(H,26,29). The molecule has 0 unspecified atom stereocenters. The molecule has 0 spiro atoms. The minimum absolute atomic E-state index is 0.00269. The average Bonchev–Trinajstić information content (AvgIpc) is 2.77. The summed E-state index contributed by atoms with van der Waals surface area (Å²) in [7, 11) is 0. The summed E-state index contributed by atoms with van der Waals surface area (Å²) in [6, 6.07) is 14.0. The molecule has 0 aliphatic heterocycles. The van der Waals surface area contributed by atoms with E-state index in [9.17, 15) is 23.2 Å². The second-order valence-corrected chi connectivity index (χ2v) is 6.79. The highest BCUT2D eigenvalue weighted by Gasteiger charge is 2.17. The van der Waals surface area contributed by atoms with Crippen molar-refractivity contribution < 1.29 is 13.6 Å². The zero-order chi connectivity index (χ0) is 22.0. The first-order chi connectivity index (χ1) is 14.9. The van der Waals surface area contributed by atoms with E-state index in [4.69, 9.17) is 0 Å². The number of rotatable bonds is 5. The number of hydrogen-bond acceptors (Lipinski definition) is 4. The van der Waals surface area contributed by atoms with Crippen molar-refractivity contribution in [2.45, 2.75) is 13.1 Å². The molecule has 0 saturated heterocycles. The number of carbonyl (C=O) groups is 1. The predicted octanol–water partition coefficient (Wildman–Crippen LogP) is 2.52. The molecule has 7 nitrogen and oxygen atoms in total. The number of nitrogens with one attached hydrogen (secondary N) is 1. The maximum absolute atomic E-state index is 13.8. The molecule has 0 aliphatic carbocycles. The summed E-state index contributed by atoms with van der Waals surface area (Å²) in [6.45, 7) is -0.585. The van der Waals surface area contributed by atoms with Crippen LogP contribution in [-0.4, -0.2) is 20.0 Å². The number of hydrogen-bond donors (Lipinski definition) is 1. The third-order valence-corrected chi connectivity index (χ3v) is 4.69. The van der Waals surface area contributed by atoms with Gasteiger partial charge in [0, 0.05) is 6.20 Å². The maximum Gasteiger partial charge on any atom is 0.332 e. The Morgan fingerprint density at radius 2 is 1.68 bits per heavy atom. The van der Waals surface area contributed by atoms with Crippen molar-refractivity contribution in [3.05, 3.63) is 105 Å². The van der Waals surface area contributed by atoms with Crippen molar-refractivity contribution >= 4 is 22.6 Å². The van der Waals surface area contributed by atoms with E-state index in [0.29, 0.717) is 5.56 Å². The fourth-order valence-electron chi connectivity index (χ4n) is 3.20. The average molecular weight is 422 g/mol. The molecule has 31 heavy (non-hydrogen) atoms. The summed E-state index contributed by atoms with van der Waals surface area (Å²) in [5.74, 6) is -1.71. The van der Waals surface area contributed by atoms with Gasteiger partial charge in [0.1, 0.15) is 18.2 Å². The lowest BCUT2D eigenvalue weighted by molar-refractivity contribution is -0.116. The summed E-state index contributed by atoms with van der Waals surface area (Å²) < 4.78 is 29.1. The highest BCUT2D eigenvalue weighted by Crippen LogP contribution is 2.13. The topological polar surface area (TPSA) is 86.0 Å². The van der Waals surface area contributed by atoms with Crippen molar-refractivity contribution in [2.24, 2.45) is 0 Å². The van der Waals surface area contributed by atoms with Crippen LogP contribution in [0, 0.1) is 11.6 Å². The number of nitrogens with zero attached hydrogens (tertiary/aromatic N) is 3. The zero-order valence-electron chi connectivity index (χ0n) is 16.1. The van der Waals surface area contributed by atoms with Gasteiger partial charge in [-0.25, -0.2) is 18.6 Å². The fraction of sp³-hybridized carbons (Fsp3) is 0.0909. The van der Waals surface area contributed by atoms with Crippen molar-refractivity contribution in [3.8, 4) is 0 Å². The van der Waals surface area contributed by atoms with Crippen LogP contribution < -0.4 is 16.6 Å². The highest BCUT2D eigenvalue weighted by atomic mass is 19.1. The number of pyridine rings is 1. The van der Waals surface area contributed by atoms with Crippen LogP contribution in [0.4, 0.5) is 14.5 Å². The van der Waals surface area contributed by atoms with Gasteiger partial charge in [-0.3, -0.25) is 18.7 Å². The summed E-state index contributed by atoms with van der Waals surface area (Å²) in [5.41, 5.74) is -0.686. The molecule has 0 aliphatic rings. The minimum Gasteiger partial charge on any atom is -0.322 e. The van der Waals surface area contributed by atoms with Crippen molar-refractivity contribution in [2.75, 3.05) is 5.32 Å². The number of para-hydroxylation sites is 1. The van der Waals surface area contributed by atoms with Gasteiger partial charge < -0.3 is 5.32 Å². The van der Waals surface area contributed by atoms with Gasteiger partial charge in [0.25, 0.3) is 5.56 Å². The summed E-state index contributed by atoms with van der Waals surface area (Å²) in [4.78, 5) is 42.6. The van der Waals surface area contributed by atoms with Crippen molar-refractivity contribution in [1.29, 1.82) is 0 Å². The third-order valence-electron chi connectivity index (χ3n) is 4.69. The van der Waals surface area contributed by atoms with Gasteiger partial charge in [0.2, 0.25) is 5.91 Å². The van der Waals surface area contributed by atoms with E-state index < -0.39 is 35.3 Å². The summed E-state index contributed by atoms with van der Waals surface area (Å²) in [5, 5.41) is 2.42. The largest absolute Gasteiger partial charge is 0.332 e. The van der Waals surface area contributed by atoms with E-state index >= 15 is 0 Å². The second-order valence-electron chi connectivity index (χ2n) is 6.79. The molecular formula is C22H16F2N4O3. The molecule has 4 aromatic rings. The first kappa shape index (κ1) is 20.1. The first-order valence-corrected chi connectivity index (χ1v) is 9.31. The molecule has 2 aromatic heterocycles. The number of aromatic nitrogens is 3. The van der Waals surface area contributed by atoms with Crippen LogP contribution >= 0.6 is 0 Å². The third kappa shape index (κ3) is 4.11. The Kier molecular flexibility index (Phi) is 5.40. The Hall–Kier alpha value is -4.14. The molecule has 2 aromatic carbocycles. The zero-order valence-corrected chi connectivity index (χ0v) is 16.1. The van der Waals surface area contributed by atoms with E-state index in [-0.39, 0.29) is 23.3 Å². The van der Waals surface area contributed by atoms with Gasteiger partial charge >= 0.3 is 5.69 Å². The van der Waals surface area contributed by atoms with Gasteiger partial charge in [-0.2, -0.15) is 0 Å². The van der Waals surface area contributed by atoms with Crippen molar-refractivity contribution in [1.82, 2.24) is 14.1 Å². The molecule has 1 N–H and O–H groups in total. The highest BCUT2D eigenvalue weighted by molar-refractivity contribution is 5.91. The van der Waals surface area contributed by atoms with E-state index in [1.807, 2.05) is 0 Å². The fourth-order valence-corrected chi connectivity index (χ4v) is 3.20. The first-order valence-electron chi connectivity index (χ1n) is 9.31. The van der Waals surface area contributed by atoms with E-state index in [1.165, 1.54) is 60.8 Å². The number of amides is 1. The van der Waals surface area contributed by atoms with Gasteiger partial charge in [0.15, 0.2) is 5.52 Å². The molecular weight excluding hydrogens is 406 g/mol. The monoisotopic (exact) mass is 422 g/mol. The van der Waals surface area contributed by atoms with Crippen LogP contribution in [0.2, 0.25) is 0 Å². The minimum atomic E-state index is -0.737. The van der Waals surface area contributed by atoms with Gasteiger partial charge in [-0.15, -0.1) is 0 Å². The lowest BCUT2D eigenvalue weighted by Crippen LogP contribution is -2.42. The van der Waals surface area contributed by atoms with Gasteiger partial charge in [-0.05, 0) is 42.0 Å². The summed E-state index contributed by atoms with van der Waals surface area (Å²) in [6.07, 6.45) is 1.40. The quantitative estimate of drug-likeness (QED) is 0.536. The maximum atomic E-state index is 13.8. The van der Waals surface area contributed by atoms with E-state index in [0.717, 1.165) is 9.13 Å². The van der Waals surface area contributed by atoms with Gasteiger partial charge in [-0.1, -0.05) is 24.3 Å². The molecule has 0 fully saturated rings. The molecule has 0 atom stereocenters. The molecule has 9 heteroatoms. The van der Waals surface area contributed by atoms with Crippen molar-refractivity contribution in [3.63, 3.8) is 0 Å². The van der Waals surface area contributed by atoms with E-state index in [1.54, 1.807) is 6.07 Å². The lowest BCUT2D eigenvalue weighted by atomic mass is 10.2. The normalized spacial score (nSPS) is 10.9. The molecule has 2 heterocycles. The molecule has 0 radical (unpaired) electrons. The Balaban J connectivity index is 1.76. The molecule has 1 amide bonds. The molecule has 0 bridgehead atoms. The number of fused-ring (bicyclic) bond motifs is 1. The van der Waals surface area contributed by atoms with E-state index in [2.05, 4.69) is 10.3 Å². The Morgan fingerprint density at radius 1 is 0.935 bits per heavy atom. The molecule has 4 rings (SSSR count). The molecule has 0 saturated carbocycles. The molecule has 156 valence electrons. The number of benzene rings is 2. The predicted molar refractivity (Wildman–Crippen MR) is 111 cm³/mol. The Bertz CT molecular complexity index is 1390. The lowest BCUT2D eigenvalue weighted by Gasteiger charge is -2.14. The number of anilines is 1. The second kappa shape index (κ2) is 8.31. The Morgan fingerprint density at radius 3 is 2.42 bits per heavy atom. The smallest absolute Gasteiger partial charge is 0.322 e. The SMILES string of the molecule is O=C(Cn1c(=O)n(Cc2ccc(F)cc2)c(=O)c2ncccc21)Nc1ccccc1F. The van der Waals surface area contributed by atoms with Gasteiger partial charge in [0.05, 0.1) is 17.7 Å². The van der Waals surface area contributed by atoms with Crippen LogP contribution in [0.5, 0.6) is 0 Å². The Labute approximate surface area is 174 Å².